The van der Waals surface area contributed by atoms with Crippen molar-refractivity contribution in [2.24, 2.45) is 0 Å². The van der Waals surface area contributed by atoms with E-state index in [4.69, 9.17) is 9.15 Å². The summed E-state index contributed by atoms with van der Waals surface area (Å²) in [5.41, 5.74) is 4.53. The Hall–Kier alpha value is -4.67. The van der Waals surface area contributed by atoms with Crippen LogP contribution in [0.15, 0.2) is 112 Å². The van der Waals surface area contributed by atoms with Crippen LogP contribution in [0.2, 0.25) is 0 Å². The molecule has 6 aromatic rings. The predicted molar refractivity (Wildman–Crippen MR) is 165 cm³/mol. The predicted octanol–water partition coefficient (Wildman–Crippen LogP) is 7.52. The van der Waals surface area contributed by atoms with Gasteiger partial charge in [-0.2, -0.15) is 0 Å². The number of benzene rings is 3. The van der Waals surface area contributed by atoms with Gasteiger partial charge in [-0.15, -0.1) is 0 Å². The SMILES string of the molecule is Cc1cc(-c2cc(F)c(=O)n(Cc3ccc4ocnc4c3)c2)nc(SCCC(OCc2ccccc2F)c2ccccc2)n1. The molecule has 0 saturated heterocycles. The Bertz CT molecular complexity index is 1960. The number of hydrogen-bond donors (Lipinski definition) is 0. The molecule has 0 aliphatic rings. The van der Waals surface area contributed by atoms with Gasteiger partial charge in [-0.3, -0.25) is 4.79 Å². The Kier molecular flexibility index (Phi) is 8.90. The van der Waals surface area contributed by atoms with Gasteiger partial charge in [-0.05, 0) is 54.8 Å². The van der Waals surface area contributed by atoms with E-state index in [1.165, 1.54) is 34.9 Å². The first kappa shape index (κ1) is 29.4. The molecule has 222 valence electrons. The first-order chi connectivity index (χ1) is 21.4. The van der Waals surface area contributed by atoms with E-state index in [0.717, 1.165) is 11.1 Å². The second kappa shape index (κ2) is 13.3. The summed E-state index contributed by atoms with van der Waals surface area (Å²) in [7, 11) is 0. The van der Waals surface area contributed by atoms with E-state index in [1.807, 2.05) is 49.4 Å². The second-order valence-electron chi connectivity index (χ2n) is 10.3. The van der Waals surface area contributed by atoms with Crippen LogP contribution in [0.1, 0.15) is 34.9 Å². The summed E-state index contributed by atoms with van der Waals surface area (Å²) in [5.74, 6) is -0.542. The normalized spacial score (nSPS) is 12.1. The molecule has 0 bridgehead atoms. The molecule has 0 N–H and O–H groups in total. The molecule has 0 amide bonds. The first-order valence-corrected chi connectivity index (χ1v) is 15.0. The third-order valence-electron chi connectivity index (χ3n) is 7.10. The van der Waals surface area contributed by atoms with Gasteiger partial charge in [0, 0.05) is 28.8 Å². The molecule has 3 aromatic carbocycles. The van der Waals surface area contributed by atoms with Crippen LogP contribution in [0.5, 0.6) is 0 Å². The maximum absolute atomic E-state index is 14.9. The highest BCUT2D eigenvalue weighted by Crippen LogP contribution is 2.28. The molecular formula is C34H28F2N4O3S. The van der Waals surface area contributed by atoms with E-state index in [2.05, 4.69) is 15.0 Å². The molecule has 1 unspecified atom stereocenters. The zero-order chi connectivity index (χ0) is 30.5. The molecule has 3 heterocycles. The highest BCUT2D eigenvalue weighted by molar-refractivity contribution is 7.99. The fraction of sp³-hybridized carbons (Fsp3) is 0.176. The van der Waals surface area contributed by atoms with E-state index < -0.39 is 11.4 Å². The number of oxazole rings is 1. The number of hydrogen-bond acceptors (Lipinski definition) is 7. The summed E-state index contributed by atoms with van der Waals surface area (Å²) < 4.78 is 41.9. The molecule has 6 rings (SSSR count). The number of ether oxygens (including phenoxy) is 1. The quantitative estimate of drug-likeness (QED) is 0.111. The van der Waals surface area contributed by atoms with Crippen LogP contribution in [0.4, 0.5) is 8.78 Å². The van der Waals surface area contributed by atoms with Crippen LogP contribution in [-0.2, 0) is 17.9 Å². The molecule has 3 aromatic heterocycles. The van der Waals surface area contributed by atoms with Crippen molar-refractivity contribution in [3.63, 3.8) is 0 Å². The number of halogens is 2. The fourth-order valence-electron chi connectivity index (χ4n) is 4.89. The Labute approximate surface area is 256 Å². The van der Waals surface area contributed by atoms with E-state index >= 15 is 0 Å². The zero-order valence-corrected chi connectivity index (χ0v) is 24.6. The minimum atomic E-state index is -0.867. The van der Waals surface area contributed by atoms with Gasteiger partial charge < -0.3 is 13.7 Å². The monoisotopic (exact) mass is 610 g/mol. The number of aryl methyl sites for hydroxylation is 1. The topological polar surface area (TPSA) is 83.0 Å². The van der Waals surface area contributed by atoms with Crippen LogP contribution < -0.4 is 5.56 Å². The molecular weight excluding hydrogens is 582 g/mol. The van der Waals surface area contributed by atoms with Gasteiger partial charge >= 0.3 is 0 Å². The zero-order valence-electron chi connectivity index (χ0n) is 23.8. The van der Waals surface area contributed by atoms with Crippen LogP contribution >= 0.6 is 11.8 Å². The van der Waals surface area contributed by atoms with Gasteiger partial charge in [-0.1, -0.05) is 66.4 Å². The summed E-state index contributed by atoms with van der Waals surface area (Å²) in [6.07, 6.45) is 3.33. The van der Waals surface area contributed by atoms with Crippen molar-refractivity contribution in [2.45, 2.75) is 37.8 Å². The lowest BCUT2D eigenvalue weighted by atomic mass is 10.1. The van der Waals surface area contributed by atoms with Crippen LogP contribution in [0, 0.1) is 18.6 Å². The average molecular weight is 611 g/mol. The highest BCUT2D eigenvalue weighted by Gasteiger charge is 2.16. The summed E-state index contributed by atoms with van der Waals surface area (Å²) in [6.45, 7) is 2.15. The Morgan fingerprint density at radius 3 is 2.61 bits per heavy atom. The summed E-state index contributed by atoms with van der Waals surface area (Å²) in [6, 6.07) is 24.8. The number of thioether (sulfide) groups is 1. The number of rotatable bonds is 11. The molecule has 0 aliphatic carbocycles. The van der Waals surface area contributed by atoms with Crippen molar-refractivity contribution in [1.82, 2.24) is 19.5 Å². The molecule has 0 aliphatic heterocycles. The lowest BCUT2D eigenvalue weighted by Crippen LogP contribution is -2.23. The van der Waals surface area contributed by atoms with Crippen LogP contribution in [-0.4, -0.2) is 25.3 Å². The molecule has 1 atom stereocenters. The van der Waals surface area contributed by atoms with Gasteiger partial charge in [-0.25, -0.2) is 23.7 Å². The van der Waals surface area contributed by atoms with Gasteiger partial charge in [0.2, 0.25) is 0 Å². The lowest BCUT2D eigenvalue weighted by molar-refractivity contribution is 0.0364. The van der Waals surface area contributed by atoms with Crippen molar-refractivity contribution in [3.05, 3.63) is 142 Å². The minimum absolute atomic E-state index is 0.149. The Morgan fingerprint density at radius 1 is 0.955 bits per heavy atom. The molecule has 10 heteroatoms. The summed E-state index contributed by atoms with van der Waals surface area (Å²) >= 11 is 1.45. The third-order valence-corrected chi connectivity index (χ3v) is 7.98. The minimum Gasteiger partial charge on any atom is -0.443 e. The van der Waals surface area contributed by atoms with Crippen LogP contribution in [0.3, 0.4) is 0 Å². The van der Waals surface area contributed by atoms with E-state index in [-0.39, 0.29) is 25.1 Å². The number of pyridine rings is 1. The summed E-state index contributed by atoms with van der Waals surface area (Å²) in [4.78, 5) is 26.1. The van der Waals surface area contributed by atoms with E-state index in [0.29, 0.717) is 50.9 Å². The molecule has 0 spiro atoms. The fourth-order valence-corrected chi connectivity index (χ4v) is 5.77. The largest absolute Gasteiger partial charge is 0.443 e. The highest BCUT2D eigenvalue weighted by atomic mass is 32.2. The van der Waals surface area contributed by atoms with Gasteiger partial charge in [0.05, 0.1) is 24.9 Å². The molecule has 0 radical (unpaired) electrons. The maximum atomic E-state index is 14.9. The second-order valence-corrected chi connectivity index (χ2v) is 11.3. The average Bonchev–Trinajstić information content (AvgIpc) is 3.50. The number of nitrogens with zero attached hydrogens (tertiary/aromatic N) is 4. The smallest absolute Gasteiger partial charge is 0.286 e. The third kappa shape index (κ3) is 6.93. The Balaban J connectivity index is 1.18. The van der Waals surface area contributed by atoms with Crippen molar-refractivity contribution >= 4 is 22.9 Å². The molecule has 0 fully saturated rings. The van der Waals surface area contributed by atoms with E-state index in [1.54, 1.807) is 36.5 Å². The van der Waals surface area contributed by atoms with Gasteiger partial charge in [0.15, 0.2) is 23.0 Å². The molecule has 0 saturated carbocycles. The van der Waals surface area contributed by atoms with Gasteiger partial charge in [0.1, 0.15) is 11.3 Å². The standard InChI is InChI=1S/C34H28F2N4O3S/c1-22-15-29(26-17-28(36)33(41)40(19-26)18-23-11-12-32-30(16-23)37-21-43-32)39-34(38-22)44-14-13-31(24-7-3-2-4-8-24)42-20-25-9-5-6-10-27(25)35/h2-12,15-17,19,21,31H,13-14,18,20H2,1H3. The van der Waals surface area contributed by atoms with Crippen molar-refractivity contribution < 1.29 is 17.9 Å². The van der Waals surface area contributed by atoms with Crippen molar-refractivity contribution in [1.29, 1.82) is 0 Å². The number of aromatic nitrogens is 4. The van der Waals surface area contributed by atoms with Crippen LogP contribution in [0.25, 0.3) is 22.4 Å². The van der Waals surface area contributed by atoms with E-state index in [9.17, 15) is 13.6 Å². The van der Waals surface area contributed by atoms with Crippen molar-refractivity contribution in [3.8, 4) is 11.3 Å². The van der Waals surface area contributed by atoms with Gasteiger partial charge in [0.25, 0.3) is 5.56 Å². The Morgan fingerprint density at radius 2 is 1.77 bits per heavy atom. The summed E-state index contributed by atoms with van der Waals surface area (Å²) in [5, 5.41) is 0.524. The first-order valence-electron chi connectivity index (χ1n) is 14.0. The van der Waals surface area contributed by atoms with Crippen molar-refractivity contribution in [2.75, 3.05) is 5.75 Å². The maximum Gasteiger partial charge on any atom is 0.286 e. The molecule has 44 heavy (non-hydrogen) atoms. The number of fused-ring (bicyclic) bond motifs is 1. The lowest BCUT2D eigenvalue weighted by Gasteiger charge is -2.18. The molecule has 7 nitrogen and oxygen atoms in total.